The molecule has 0 radical (unpaired) electrons. The average Bonchev–Trinajstić information content (AvgIpc) is 3.47. The third-order valence-electron chi connectivity index (χ3n) is 6.48. The minimum absolute atomic E-state index is 0.0959. The van der Waals surface area contributed by atoms with Crippen molar-refractivity contribution in [2.24, 2.45) is 5.92 Å². The van der Waals surface area contributed by atoms with Gasteiger partial charge in [-0.2, -0.15) is 0 Å². The third kappa shape index (κ3) is 5.12. The number of nitrogens with one attached hydrogen (secondary N) is 1. The van der Waals surface area contributed by atoms with Crippen LogP contribution in [-0.2, 0) is 16.0 Å². The highest BCUT2D eigenvalue weighted by molar-refractivity contribution is 5.92. The Morgan fingerprint density at radius 3 is 2.69 bits per heavy atom. The van der Waals surface area contributed by atoms with E-state index < -0.39 is 12.0 Å². The van der Waals surface area contributed by atoms with Gasteiger partial charge in [-0.25, -0.2) is 4.79 Å². The van der Waals surface area contributed by atoms with Gasteiger partial charge in [0, 0.05) is 24.2 Å². The zero-order valence-electron chi connectivity index (χ0n) is 20.3. The van der Waals surface area contributed by atoms with Gasteiger partial charge in [-0.15, -0.1) is 0 Å². The van der Waals surface area contributed by atoms with Crippen molar-refractivity contribution in [1.82, 2.24) is 9.88 Å². The van der Waals surface area contributed by atoms with E-state index in [1.165, 1.54) is 11.7 Å². The number of aliphatic hydroxyl groups excluding tert-OH is 1. The van der Waals surface area contributed by atoms with Gasteiger partial charge in [0.15, 0.2) is 11.5 Å². The molecule has 1 aromatic heterocycles. The van der Waals surface area contributed by atoms with Gasteiger partial charge >= 0.3 is 6.09 Å². The highest BCUT2D eigenvalue weighted by Gasteiger charge is 2.31. The lowest BCUT2D eigenvalue weighted by molar-refractivity contribution is -0.124. The molecule has 0 saturated heterocycles. The lowest BCUT2D eigenvalue weighted by atomic mass is 9.82. The largest absolute Gasteiger partial charge is 0.454 e. The zero-order chi connectivity index (χ0) is 24.9. The van der Waals surface area contributed by atoms with Crippen molar-refractivity contribution in [2.45, 2.75) is 45.1 Å². The highest BCUT2D eigenvalue weighted by atomic mass is 16.7. The normalized spacial score (nSPS) is 15.0. The van der Waals surface area contributed by atoms with Gasteiger partial charge in [0.2, 0.25) is 12.7 Å². The number of amides is 1. The van der Waals surface area contributed by atoms with Crippen LogP contribution in [0.15, 0.2) is 48.7 Å². The highest BCUT2D eigenvalue weighted by Crippen LogP contribution is 2.37. The van der Waals surface area contributed by atoms with E-state index in [-0.39, 0.29) is 31.3 Å². The molecule has 8 nitrogen and oxygen atoms in total. The molecule has 0 saturated carbocycles. The molecule has 2 heterocycles. The predicted octanol–water partition coefficient (Wildman–Crippen LogP) is 4.22. The average molecular weight is 481 g/mol. The third-order valence-corrected chi connectivity index (χ3v) is 6.48. The first kappa shape index (κ1) is 24.6. The molecule has 3 atom stereocenters. The number of aromatic nitrogens is 1. The molecule has 4 rings (SSSR count). The summed E-state index contributed by atoms with van der Waals surface area (Å²) in [5.41, 5.74) is 2.48. The van der Waals surface area contributed by atoms with Crippen molar-refractivity contribution in [3.8, 4) is 11.5 Å². The SMILES string of the molecule is CCCC(CO)C(C(=O)N[C@H](C)Cc1cn(C(=O)OC)c2ccccc12)c1ccc2c(c1)OCO2. The van der Waals surface area contributed by atoms with Crippen LogP contribution in [-0.4, -0.2) is 48.2 Å². The van der Waals surface area contributed by atoms with Crippen LogP contribution in [0.1, 0.15) is 43.7 Å². The number of fused-ring (bicyclic) bond motifs is 2. The van der Waals surface area contributed by atoms with Gasteiger partial charge < -0.3 is 24.6 Å². The fraction of sp³-hybridized carbons (Fsp3) is 0.407. The van der Waals surface area contributed by atoms with E-state index in [1.54, 1.807) is 6.20 Å². The van der Waals surface area contributed by atoms with Crippen LogP contribution in [0.4, 0.5) is 4.79 Å². The Hall–Kier alpha value is -3.52. The quantitative estimate of drug-likeness (QED) is 0.476. The number of para-hydroxylation sites is 1. The van der Waals surface area contributed by atoms with E-state index in [2.05, 4.69) is 5.32 Å². The standard InChI is InChI=1S/C27H32N2O6/c1-4-7-19(15-30)25(18-10-11-23-24(13-18)35-16-34-23)26(31)28-17(2)12-20-14-29(27(32)33-3)22-9-6-5-8-21(20)22/h5-6,8-11,13-14,17,19,25,30H,4,7,12,15-16H2,1-3H3,(H,28,31)/t17-,19?,25?/m1/s1. The lowest BCUT2D eigenvalue weighted by Gasteiger charge is -2.27. The molecular weight excluding hydrogens is 448 g/mol. The monoisotopic (exact) mass is 480 g/mol. The second-order valence-electron chi connectivity index (χ2n) is 8.95. The summed E-state index contributed by atoms with van der Waals surface area (Å²) in [5.74, 6) is 0.346. The van der Waals surface area contributed by atoms with Crippen LogP contribution in [0, 0.1) is 5.92 Å². The first-order valence-electron chi connectivity index (χ1n) is 11.9. The van der Waals surface area contributed by atoms with Crippen molar-refractivity contribution in [3.05, 3.63) is 59.8 Å². The summed E-state index contributed by atoms with van der Waals surface area (Å²) in [7, 11) is 1.35. The van der Waals surface area contributed by atoms with Crippen LogP contribution >= 0.6 is 0 Å². The maximum atomic E-state index is 13.6. The number of methoxy groups -OCH3 is 1. The molecule has 1 aliphatic rings. The molecule has 1 aliphatic heterocycles. The summed E-state index contributed by atoms with van der Waals surface area (Å²) >= 11 is 0. The molecule has 3 aromatic rings. The number of aliphatic hydroxyl groups is 1. The molecule has 8 heteroatoms. The van der Waals surface area contributed by atoms with Crippen molar-refractivity contribution in [1.29, 1.82) is 0 Å². The van der Waals surface area contributed by atoms with Crippen LogP contribution in [0.2, 0.25) is 0 Å². The molecule has 1 amide bonds. The number of carbonyl (C=O) groups is 2. The van der Waals surface area contributed by atoms with Gasteiger partial charge in [-0.1, -0.05) is 37.6 Å². The van der Waals surface area contributed by atoms with E-state index in [1.807, 2.05) is 56.3 Å². The van der Waals surface area contributed by atoms with E-state index in [4.69, 9.17) is 14.2 Å². The molecule has 0 spiro atoms. The number of ether oxygens (including phenoxy) is 3. The molecule has 2 aromatic carbocycles. The van der Waals surface area contributed by atoms with E-state index >= 15 is 0 Å². The van der Waals surface area contributed by atoms with E-state index in [0.717, 1.165) is 28.5 Å². The van der Waals surface area contributed by atoms with Gasteiger partial charge in [0.05, 0.1) is 18.5 Å². The van der Waals surface area contributed by atoms with Crippen LogP contribution < -0.4 is 14.8 Å². The smallest absolute Gasteiger partial charge is 0.418 e. The Bertz CT molecular complexity index is 1200. The summed E-state index contributed by atoms with van der Waals surface area (Å²) in [6, 6.07) is 12.9. The van der Waals surface area contributed by atoms with Crippen LogP contribution in [0.5, 0.6) is 11.5 Å². The lowest BCUT2D eigenvalue weighted by Crippen LogP contribution is -2.40. The Morgan fingerprint density at radius 1 is 1.17 bits per heavy atom. The Labute approximate surface area is 204 Å². The molecule has 2 N–H and O–H groups in total. The van der Waals surface area contributed by atoms with Gasteiger partial charge in [-0.3, -0.25) is 9.36 Å². The van der Waals surface area contributed by atoms with Gasteiger partial charge in [0.25, 0.3) is 0 Å². The molecule has 0 aliphatic carbocycles. The van der Waals surface area contributed by atoms with Crippen molar-refractivity contribution >= 4 is 22.9 Å². The first-order chi connectivity index (χ1) is 17.0. The summed E-state index contributed by atoms with van der Waals surface area (Å²) in [6.07, 6.45) is 3.40. The summed E-state index contributed by atoms with van der Waals surface area (Å²) in [6.45, 7) is 4.04. The van der Waals surface area contributed by atoms with Crippen molar-refractivity contribution in [3.63, 3.8) is 0 Å². The van der Waals surface area contributed by atoms with Crippen LogP contribution in [0.3, 0.4) is 0 Å². The topological polar surface area (TPSA) is 99.0 Å². The number of hydrogen-bond acceptors (Lipinski definition) is 6. The Kier molecular flexibility index (Phi) is 7.60. The number of rotatable bonds is 9. The number of carbonyl (C=O) groups excluding carboxylic acids is 2. The number of hydrogen-bond donors (Lipinski definition) is 2. The Morgan fingerprint density at radius 2 is 1.94 bits per heavy atom. The number of benzene rings is 2. The zero-order valence-corrected chi connectivity index (χ0v) is 20.3. The predicted molar refractivity (Wildman–Crippen MR) is 132 cm³/mol. The molecule has 2 unspecified atom stereocenters. The molecule has 35 heavy (non-hydrogen) atoms. The van der Waals surface area contributed by atoms with Crippen molar-refractivity contribution in [2.75, 3.05) is 20.5 Å². The second kappa shape index (κ2) is 10.8. The molecule has 0 fully saturated rings. The molecule has 186 valence electrons. The maximum Gasteiger partial charge on any atom is 0.418 e. The van der Waals surface area contributed by atoms with E-state index in [9.17, 15) is 14.7 Å². The summed E-state index contributed by atoms with van der Waals surface area (Å²) in [4.78, 5) is 25.8. The number of nitrogens with zero attached hydrogens (tertiary/aromatic N) is 1. The minimum atomic E-state index is -0.534. The first-order valence-corrected chi connectivity index (χ1v) is 11.9. The molecule has 0 bridgehead atoms. The fourth-order valence-corrected chi connectivity index (χ4v) is 4.85. The second-order valence-corrected chi connectivity index (χ2v) is 8.95. The Balaban J connectivity index is 1.57. The van der Waals surface area contributed by atoms with Gasteiger partial charge in [-0.05, 0) is 55.0 Å². The summed E-state index contributed by atoms with van der Waals surface area (Å²) < 4.78 is 17.3. The fourth-order valence-electron chi connectivity index (χ4n) is 4.85. The molecular formula is C27H32N2O6. The minimum Gasteiger partial charge on any atom is -0.454 e. The van der Waals surface area contributed by atoms with E-state index in [0.29, 0.717) is 24.3 Å². The van der Waals surface area contributed by atoms with Gasteiger partial charge in [0.1, 0.15) is 0 Å². The van der Waals surface area contributed by atoms with Crippen molar-refractivity contribution < 1.29 is 28.9 Å². The summed E-state index contributed by atoms with van der Waals surface area (Å²) in [5, 5.41) is 14.2. The maximum absolute atomic E-state index is 13.6. The van der Waals surface area contributed by atoms with Crippen LogP contribution in [0.25, 0.3) is 10.9 Å².